The fourth-order valence-corrected chi connectivity index (χ4v) is 3.44. The summed E-state index contributed by atoms with van der Waals surface area (Å²) < 4.78 is 0.968. The number of hydrogen-bond donors (Lipinski definition) is 2. The number of amides is 2. The molecule has 110 valence electrons. The molecule has 1 aliphatic rings. The second-order valence-corrected chi connectivity index (χ2v) is 6.03. The van der Waals surface area contributed by atoms with Crippen LogP contribution >= 0.6 is 11.3 Å². The number of rotatable bonds is 1. The van der Waals surface area contributed by atoms with Gasteiger partial charge in [0.15, 0.2) is 0 Å². The third kappa shape index (κ3) is 1.91. The van der Waals surface area contributed by atoms with Gasteiger partial charge in [0, 0.05) is 0 Å². The standard InChI is InChI=1S/C15H12N4O2S/c1-9-6-7-11-13(8-9)22-15(17-11)18-14(20)16-10-4-2-3-5-12(10)19(18)21/h2-8,21H,1H3,(H,16,20). The molecule has 3 aromatic rings. The molecule has 2 N–H and O–H groups in total. The Morgan fingerprint density at radius 1 is 1.23 bits per heavy atom. The first-order valence-corrected chi connectivity index (χ1v) is 7.51. The maximum Gasteiger partial charge on any atom is 0.349 e. The zero-order valence-electron chi connectivity index (χ0n) is 11.6. The fourth-order valence-electron chi connectivity index (χ4n) is 2.39. The summed E-state index contributed by atoms with van der Waals surface area (Å²) in [6, 6.07) is 12.5. The van der Waals surface area contributed by atoms with E-state index >= 15 is 0 Å². The van der Waals surface area contributed by atoms with Gasteiger partial charge in [-0.05, 0) is 36.8 Å². The van der Waals surface area contributed by atoms with Crippen LogP contribution in [0.15, 0.2) is 42.5 Å². The smallest absolute Gasteiger partial charge is 0.304 e. The van der Waals surface area contributed by atoms with Crippen LogP contribution in [0.25, 0.3) is 10.2 Å². The minimum absolute atomic E-state index is 0.412. The number of anilines is 3. The van der Waals surface area contributed by atoms with E-state index in [1.807, 2.05) is 25.1 Å². The highest BCUT2D eigenvalue weighted by molar-refractivity contribution is 7.22. The highest BCUT2D eigenvalue weighted by atomic mass is 32.1. The molecule has 2 amide bonds. The van der Waals surface area contributed by atoms with Crippen LogP contribution < -0.4 is 15.5 Å². The summed E-state index contributed by atoms with van der Waals surface area (Å²) in [4.78, 5) is 16.7. The van der Waals surface area contributed by atoms with Crippen molar-refractivity contribution < 1.29 is 10.0 Å². The molecule has 1 aliphatic heterocycles. The van der Waals surface area contributed by atoms with Crippen LogP contribution in [0.5, 0.6) is 0 Å². The summed E-state index contributed by atoms with van der Waals surface area (Å²) in [7, 11) is 0. The lowest BCUT2D eigenvalue weighted by atomic mass is 10.2. The predicted molar refractivity (Wildman–Crippen MR) is 86.6 cm³/mol. The number of hydrogen-bond acceptors (Lipinski definition) is 5. The monoisotopic (exact) mass is 312 g/mol. The average Bonchev–Trinajstić information content (AvgIpc) is 2.89. The number of hydrazine groups is 1. The van der Waals surface area contributed by atoms with Crippen LogP contribution in [-0.4, -0.2) is 16.2 Å². The normalized spacial score (nSPS) is 14.2. The van der Waals surface area contributed by atoms with E-state index in [2.05, 4.69) is 10.3 Å². The van der Waals surface area contributed by atoms with E-state index in [-0.39, 0.29) is 0 Å². The van der Waals surface area contributed by atoms with E-state index in [1.165, 1.54) is 11.3 Å². The van der Waals surface area contributed by atoms with Gasteiger partial charge in [0.1, 0.15) is 5.69 Å². The molecule has 0 spiro atoms. The van der Waals surface area contributed by atoms with Gasteiger partial charge < -0.3 is 5.32 Å². The minimum Gasteiger partial charge on any atom is -0.304 e. The number of para-hydroxylation sites is 2. The summed E-state index contributed by atoms with van der Waals surface area (Å²) in [6.45, 7) is 2.00. The summed E-state index contributed by atoms with van der Waals surface area (Å²) >= 11 is 1.35. The molecule has 0 saturated carbocycles. The number of urea groups is 1. The molecule has 1 aromatic heterocycles. The van der Waals surface area contributed by atoms with Crippen molar-refractivity contribution >= 4 is 44.1 Å². The summed E-state index contributed by atoms with van der Waals surface area (Å²) in [5, 5.41) is 15.5. The zero-order chi connectivity index (χ0) is 15.3. The van der Waals surface area contributed by atoms with Crippen molar-refractivity contribution in [2.45, 2.75) is 6.92 Å². The third-order valence-corrected chi connectivity index (χ3v) is 4.45. The Hall–Kier alpha value is -2.64. The van der Waals surface area contributed by atoms with E-state index in [9.17, 15) is 10.0 Å². The molecule has 0 saturated heterocycles. The van der Waals surface area contributed by atoms with E-state index < -0.39 is 6.03 Å². The van der Waals surface area contributed by atoms with E-state index in [0.29, 0.717) is 16.5 Å². The Bertz CT molecular complexity index is 892. The number of thiazole rings is 1. The SMILES string of the molecule is Cc1ccc2nc(N3C(=O)Nc4ccccc4N3O)sc2c1. The van der Waals surface area contributed by atoms with Crippen molar-refractivity contribution in [1.29, 1.82) is 0 Å². The van der Waals surface area contributed by atoms with Crippen molar-refractivity contribution in [1.82, 2.24) is 4.98 Å². The van der Waals surface area contributed by atoms with E-state index in [1.54, 1.807) is 24.3 Å². The van der Waals surface area contributed by atoms with Crippen LogP contribution in [0, 0.1) is 6.92 Å². The van der Waals surface area contributed by atoms with Gasteiger partial charge in [-0.3, -0.25) is 5.21 Å². The minimum atomic E-state index is -0.447. The second-order valence-electron chi connectivity index (χ2n) is 5.02. The lowest BCUT2D eigenvalue weighted by molar-refractivity contribution is 0.221. The van der Waals surface area contributed by atoms with Crippen LogP contribution in [0.2, 0.25) is 0 Å². The van der Waals surface area contributed by atoms with Crippen molar-refractivity contribution in [3.05, 3.63) is 48.0 Å². The molecule has 0 atom stereocenters. The van der Waals surface area contributed by atoms with Crippen molar-refractivity contribution in [2.75, 3.05) is 15.5 Å². The van der Waals surface area contributed by atoms with Crippen LogP contribution in [0.1, 0.15) is 5.56 Å². The zero-order valence-corrected chi connectivity index (χ0v) is 12.5. The van der Waals surface area contributed by atoms with Gasteiger partial charge in [0.2, 0.25) is 5.13 Å². The maximum absolute atomic E-state index is 12.3. The Kier molecular flexibility index (Phi) is 2.78. The maximum atomic E-state index is 12.3. The second kappa shape index (κ2) is 4.69. The molecule has 0 bridgehead atoms. The lowest BCUT2D eigenvalue weighted by Crippen LogP contribution is -2.50. The molecular weight excluding hydrogens is 300 g/mol. The van der Waals surface area contributed by atoms with Gasteiger partial charge in [-0.25, -0.2) is 9.78 Å². The average molecular weight is 312 g/mol. The predicted octanol–water partition coefficient (Wildman–Crippen LogP) is 3.77. The number of fused-ring (bicyclic) bond motifs is 2. The number of nitrogens with one attached hydrogen (secondary N) is 1. The fraction of sp³-hybridized carbons (Fsp3) is 0.0667. The van der Waals surface area contributed by atoms with E-state index in [0.717, 1.165) is 26.0 Å². The lowest BCUT2D eigenvalue weighted by Gasteiger charge is -2.34. The van der Waals surface area contributed by atoms with Crippen molar-refractivity contribution in [3.8, 4) is 0 Å². The first-order valence-electron chi connectivity index (χ1n) is 6.70. The number of benzene rings is 2. The van der Waals surface area contributed by atoms with Crippen molar-refractivity contribution in [2.24, 2.45) is 0 Å². The molecule has 0 radical (unpaired) electrons. The number of nitrogens with zero attached hydrogens (tertiary/aromatic N) is 3. The first-order chi connectivity index (χ1) is 10.6. The Labute approximate surface area is 130 Å². The van der Waals surface area contributed by atoms with Gasteiger partial charge in [-0.15, -0.1) is 10.2 Å². The molecule has 22 heavy (non-hydrogen) atoms. The van der Waals surface area contributed by atoms with Crippen molar-refractivity contribution in [3.63, 3.8) is 0 Å². The number of aromatic nitrogens is 1. The number of carbonyl (C=O) groups is 1. The quantitative estimate of drug-likeness (QED) is 0.718. The Morgan fingerprint density at radius 3 is 2.91 bits per heavy atom. The van der Waals surface area contributed by atoms with Gasteiger partial charge >= 0.3 is 6.03 Å². The molecule has 0 aliphatic carbocycles. The summed E-state index contributed by atoms with van der Waals surface area (Å²) in [6.07, 6.45) is 0. The third-order valence-electron chi connectivity index (χ3n) is 3.46. The van der Waals surface area contributed by atoms with Gasteiger partial charge in [0.25, 0.3) is 0 Å². The Morgan fingerprint density at radius 2 is 2.05 bits per heavy atom. The van der Waals surface area contributed by atoms with Gasteiger partial charge in [-0.2, -0.15) is 0 Å². The molecule has 2 aromatic carbocycles. The van der Waals surface area contributed by atoms with E-state index in [4.69, 9.17) is 0 Å². The van der Waals surface area contributed by atoms with Gasteiger partial charge in [0.05, 0.1) is 15.9 Å². The molecule has 4 rings (SSSR count). The summed E-state index contributed by atoms with van der Waals surface area (Å²) in [5.74, 6) is 0. The molecule has 0 fully saturated rings. The number of aryl methyl sites for hydroxylation is 1. The number of carbonyl (C=O) groups excluding carboxylic acids is 1. The van der Waals surface area contributed by atoms with Gasteiger partial charge in [-0.1, -0.05) is 29.5 Å². The Balaban J connectivity index is 1.82. The molecule has 0 unspecified atom stereocenters. The van der Waals surface area contributed by atoms with Crippen LogP contribution in [-0.2, 0) is 0 Å². The molecule has 2 heterocycles. The largest absolute Gasteiger partial charge is 0.349 e. The highest BCUT2D eigenvalue weighted by Crippen LogP contribution is 2.36. The molecule has 7 heteroatoms. The highest BCUT2D eigenvalue weighted by Gasteiger charge is 2.32. The molecule has 6 nitrogen and oxygen atoms in total. The van der Waals surface area contributed by atoms with Crippen LogP contribution in [0.4, 0.5) is 21.3 Å². The molecular formula is C15H12N4O2S. The van der Waals surface area contributed by atoms with Crippen LogP contribution in [0.3, 0.4) is 0 Å². The first kappa shape index (κ1) is 13.1. The summed E-state index contributed by atoms with van der Waals surface area (Å²) in [5.41, 5.74) is 2.98. The topological polar surface area (TPSA) is 68.7 Å².